The zero-order valence-electron chi connectivity index (χ0n) is 12.1. The molecular weight excluding hydrogens is 288 g/mol. The van der Waals surface area contributed by atoms with E-state index in [0.29, 0.717) is 29.5 Å². The van der Waals surface area contributed by atoms with Crippen LogP contribution in [0.2, 0.25) is 5.02 Å². The Kier molecular flexibility index (Phi) is 5.23. The van der Waals surface area contributed by atoms with Gasteiger partial charge in [0.05, 0.1) is 5.02 Å². The molecule has 3 nitrogen and oxygen atoms in total. The second kappa shape index (κ2) is 7.14. The van der Waals surface area contributed by atoms with Crippen molar-refractivity contribution >= 4 is 17.9 Å². The van der Waals surface area contributed by atoms with Crippen molar-refractivity contribution in [1.29, 1.82) is 0 Å². The minimum Gasteiger partial charge on any atom is -0.490 e. The summed E-state index contributed by atoms with van der Waals surface area (Å²) >= 11 is 6.02. The van der Waals surface area contributed by atoms with Gasteiger partial charge in [0.15, 0.2) is 0 Å². The molecule has 0 aliphatic carbocycles. The van der Waals surface area contributed by atoms with E-state index in [-0.39, 0.29) is 0 Å². The lowest BCUT2D eigenvalue weighted by Crippen LogP contribution is -2.09. The quantitative estimate of drug-likeness (QED) is 0.592. The molecule has 0 unspecified atom stereocenters. The number of ether oxygens (including phenoxy) is 2. The highest BCUT2D eigenvalue weighted by atomic mass is 35.5. The minimum atomic E-state index is 0.382. The molecule has 0 heterocycles. The van der Waals surface area contributed by atoms with Crippen molar-refractivity contribution in [2.75, 3.05) is 13.2 Å². The van der Waals surface area contributed by atoms with Gasteiger partial charge in [-0.25, -0.2) is 0 Å². The highest BCUT2D eigenvalue weighted by Crippen LogP contribution is 2.25. The number of carbonyl (C=O) groups is 1. The van der Waals surface area contributed by atoms with E-state index in [1.54, 1.807) is 18.2 Å². The van der Waals surface area contributed by atoms with Crippen LogP contribution in [-0.4, -0.2) is 19.5 Å². The van der Waals surface area contributed by atoms with Crippen molar-refractivity contribution < 1.29 is 14.3 Å². The first-order valence-electron chi connectivity index (χ1n) is 6.67. The Balaban J connectivity index is 1.86. The highest BCUT2D eigenvalue weighted by molar-refractivity contribution is 6.32. The molecule has 0 spiro atoms. The van der Waals surface area contributed by atoms with E-state index in [1.165, 1.54) is 11.1 Å². The van der Waals surface area contributed by atoms with Gasteiger partial charge >= 0.3 is 0 Å². The van der Waals surface area contributed by atoms with E-state index >= 15 is 0 Å². The topological polar surface area (TPSA) is 35.5 Å². The molecule has 2 rings (SSSR count). The van der Waals surface area contributed by atoms with Gasteiger partial charge in [-0.05, 0) is 55.3 Å². The predicted octanol–water partition coefficient (Wildman–Crippen LogP) is 4.23. The Morgan fingerprint density at radius 2 is 1.67 bits per heavy atom. The molecule has 0 aliphatic rings. The second-order valence-corrected chi connectivity index (χ2v) is 5.24. The van der Waals surface area contributed by atoms with Crippen LogP contribution in [0.15, 0.2) is 36.4 Å². The van der Waals surface area contributed by atoms with E-state index in [4.69, 9.17) is 21.1 Å². The SMILES string of the molecule is Cc1cc(C)cc(OCCOc2ccc(C=O)cc2Cl)c1. The number of hydrogen-bond acceptors (Lipinski definition) is 3. The average Bonchev–Trinajstić information content (AvgIpc) is 2.43. The third-order valence-electron chi connectivity index (χ3n) is 2.90. The summed E-state index contributed by atoms with van der Waals surface area (Å²) in [6.07, 6.45) is 0.749. The largest absolute Gasteiger partial charge is 0.490 e. The van der Waals surface area contributed by atoms with Gasteiger partial charge in [-0.15, -0.1) is 0 Å². The summed E-state index contributed by atoms with van der Waals surface area (Å²) in [6.45, 7) is 4.87. The minimum absolute atomic E-state index is 0.382. The van der Waals surface area contributed by atoms with Crippen LogP contribution in [0.25, 0.3) is 0 Å². The molecular formula is C17H17ClO3. The van der Waals surface area contributed by atoms with Crippen LogP contribution in [0.1, 0.15) is 21.5 Å². The lowest BCUT2D eigenvalue weighted by Gasteiger charge is -2.10. The normalized spacial score (nSPS) is 10.2. The van der Waals surface area contributed by atoms with Gasteiger partial charge in [0, 0.05) is 5.56 Å². The van der Waals surface area contributed by atoms with Crippen molar-refractivity contribution in [3.8, 4) is 11.5 Å². The number of aldehydes is 1. The molecule has 0 aromatic heterocycles. The van der Waals surface area contributed by atoms with Gasteiger partial charge in [0.2, 0.25) is 0 Å². The van der Waals surface area contributed by atoms with E-state index < -0.39 is 0 Å². The van der Waals surface area contributed by atoms with Gasteiger partial charge in [-0.1, -0.05) is 17.7 Å². The Labute approximate surface area is 129 Å². The molecule has 21 heavy (non-hydrogen) atoms. The summed E-state index contributed by atoms with van der Waals surface area (Å²) in [5.74, 6) is 1.38. The second-order valence-electron chi connectivity index (χ2n) is 4.83. The Bertz CT molecular complexity index is 618. The number of halogens is 1. The fourth-order valence-electron chi connectivity index (χ4n) is 2.03. The zero-order chi connectivity index (χ0) is 15.2. The van der Waals surface area contributed by atoms with Gasteiger partial charge in [0.1, 0.15) is 31.0 Å². The van der Waals surface area contributed by atoms with Gasteiger partial charge < -0.3 is 9.47 Å². The number of benzene rings is 2. The highest BCUT2D eigenvalue weighted by Gasteiger charge is 2.03. The van der Waals surface area contributed by atoms with Crippen molar-refractivity contribution in [3.63, 3.8) is 0 Å². The molecule has 0 atom stereocenters. The summed E-state index contributed by atoms with van der Waals surface area (Å²) in [5.41, 5.74) is 2.86. The van der Waals surface area contributed by atoms with Crippen LogP contribution in [0.5, 0.6) is 11.5 Å². The molecule has 4 heteroatoms. The van der Waals surface area contributed by atoms with Crippen molar-refractivity contribution in [1.82, 2.24) is 0 Å². The number of aryl methyl sites for hydroxylation is 2. The smallest absolute Gasteiger partial charge is 0.150 e. The molecule has 0 saturated carbocycles. The summed E-state index contributed by atoms with van der Waals surface area (Å²) in [7, 11) is 0. The van der Waals surface area contributed by atoms with Crippen LogP contribution >= 0.6 is 11.6 Å². The lowest BCUT2D eigenvalue weighted by atomic mass is 10.1. The lowest BCUT2D eigenvalue weighted by molar-refractivity contribution is 0.112. The molecule has 2 aromatic rings. The van der Waals surface area contributed by atoms with Crippen LogP contribution in [0.4, 0.5) is 0 Å². The Morgan fingerprint density at radius 3 is 2.29 bits per heavy atom. The summed E-state index contributed by atoms with van der Waals surface area (Å²) in [5, 5.41) is 0.422. The average molecular weight is 305 g/mol. The van der Waals surface area contributed by atoms with E-state index in [1.807, 2.05) is 26.0 Å². The van der Waals surface area contributed by atoms with Crippen LogP contribution < -0.4 is 9.47 Å². The van der Waals surface area contributed by atoms with Crippen molar-refractivity contribution in [3.05, 3.63) is 58.1 Å². The number of carbonyl (C=O) groups excluding carboxylic acids is 1. The first-order valence-corrected chi connectivity index (χ1v) is 7.05. The van der Waals surface area contributed by atoms with Crippen LogP contribution in [0, 0.1) is 13.8 Å². The number of hydrogen-bond donors (Lipinski definition) is 0. The molecule has 0 aliphatic heterocycles. The van der Waals surface area contributed by atoms with Gasteiger partial charge in [-0.3, -0.25) is 4.79 Å². The summed E-state index contributed by atoms with van der Waals surface area (Å²) in [6, 6.07) is 11.0. The fraction of sp³-hybridized carbons (Fsp3) is 0.235. The molecule has 0 saturated heterocycles. The van der Waals surface area contributed by atoms with Crippen molar-refractivity contribution in [2.45, 2.75) is 13.8 Å². The summed E-state index contributed by atoms with van der Waals surface area (Å²) < 4.78 is 11.2. The molecule has 2 aromatic carbocycles. The maximum atomic E-state index is 10.6. The molecule has 110 valence electrons. The number of rotatable bonds is 6. The van der Waals surface area contributed by atoms with Crippen molar-refractivity contribution in [2.24, 2.45) is 0 Å². The monoisotopic (exact) mass is 304 g/mol. The third kappa shape index (κ3) is 4.50. The predicted molar refractivity (Wildman–Crippen MR) is 83.7 cm³/mol. The van der Waals surface area contributed by atoms with Gasteiger partial charge in [0.25, 0.3) is 0 Å². The Hall–Kier alpha value is -2.00. The zero-order valence-corrected chi connectivity index (χ0v) is 12.8. The van der Waals surface area contributed by atoms with E-state index in [2.05, 4.69) is 6.07 Å². The first kappa shape index (κ1) is 15.4. The molecule has 0 bridgehead atoms. The summed E-state index contributed by atoms with van der Waals surface area (Å²) in [4.78, 5) is 10.6. The van der Waals surface area contributed by atoms with E-state index in [9.17, 15) is 4.79 Å². The maximum Gasteiger partial charge on any atom is 0.150 e. The van der Waals surface area contributed by atoms with Crippen LogP contribution in [0.3, 0.4) is 0 Å². The van der Waals surface area contributed by atoms with Crippen LogP contribution in [-0.2, 0) is 0 Å². The maximum absolute atomic E-state index is 10.6. The molecule has 0 fully saturated rings. The van der Waals surface area contributed by atoms with Gasteiger partial charge in [-0.2, -0.15) is 0 Å². The molecule has 0 N–H and O–H groups in total. The third-order valence-corrected chi connectivity index (χ3v) is 3.19. The standard InChI is InChI=1S/C17H17ClO3/c1-12-7-13(2)9-15(8-12)20-5-6-21-17-4-3-14(11-19)10-16(17)18/h3-4,7-11H,5-6H2,1-2H3. The first-order chi connectivity index (χ1) is 10.1. The van der Waals surface area contributed by atoms with E-state index in [0.717, 1.165) is 12.0 Å². The fourth-order valence-corrected chi connectivity index (χ4v) is 2.28. The molecule has 0 radical (unpaired) electrons. The molecule has 0 amide bonds. The Morgan fingerprint density at radius 1 is 1.00 bits per heavy atom.